The summed E-state index contributed by atoms with van der Waals surface area (Å²) in [5.74, 6) is 0. The maximum atomic E-state index is 10.6. The van der Waals surface area contributed by atoms with E-state index in [1.165, 1.54) is 5.56 Å². The second-order valence-corrected chi connectivity index (χ2v) is 6.57. The zero-order valence-corrected chi connectivity index (χ0v) is 14.3. The van der Waals surface area contributed by atoms with E-state index in [0.29, 0.717) is 6.54 Å². The van der Waals surface area contributed by atoms with E-state index in [4.69, 9.17) is 0 Å². The number of aliphatic hydroxyl groups is 1. The van der Waals surface area contributed by atoms with E-state index in [9.17, 15) is 5.11 Å². The molecular weight excluding hydrogens is 300 g/mol. The van der Waals surface area contributed by atoms with Crippen molar-refractivity contribution in [2.45, 2.75) is 31.5 Å². The van der Waals surface area contributed by atoms with Crippen LogP contribution in [0.1, 0.15) is 17.7 Å². The lowest BCUT2D eigenvalue weighted by atomic mass is 9.99. The summed E-state index contributed by atoms with van der Waals surface area (Å²) in [6.45, 7) is 3.49. The van der Waals surface area contributed by atoms with Gasteiger partial charge < -0.3 is 10.0 Å². The molecule has 3 heterocycles. The molecule has 0 bridgehead atoms. The van der Waals surface area contributed by atoms with E-state index in [1.54, 1.807) is 6.20 Å². The van der Waals surface area contributed by atoms with Crippen LogP contribution >= 0.6 is 0 Å². The number of pyridine rings is 2. The number of piperidine rings is 1. The molecule has 1 aliphatic rings. The van der Waals surface area contributed by atoms with Crippen molar-refractivity contribution in [3.8, 4) is 0 Å². The number of hydrogen-bond donors (Lipinski definition) is 1. The Morgan fingerprint density at radius 2 is 2.17 bits per heavy atom. The zero-order chi connectivity index (χ0) is 16.8. The Labute approximate surface area is 144 Å². The summed E-state index contributed by atoms with van der Waals surface area (Å²) in [4.78, 5) is 13.1. The van der Waals surface area contributed by atoms with Gasteiger partial charge in [0, 0.05) is 62.9 Å². The summed E-state index contributed by atoms with van der Waals surface area (Å²) in [6.07, 6.45) is 7.11. The third kappa shape index (κ3) is 4.60. The normalized spacial score (nSPS) is 22.0. The van der Waals surface area contributed by atoms with Gasteiger partial charge in [0.05, 0.1) is 6.10 Å². The van der Waals surface area contributed by atoms with Crippen molar-refractivity contribution in [2.75, 3.05) is 26.7 Å². The molecule has 128 valence electrons. The van der Waals surface area contributed by atoms with Crippen LogP contribution < -0.4 is 0 Å². The highest BCUT2D eigenvalue weighted by molar-refractivity contribution is 5.08. The fraction of sp³-hybridized carbons (Fsp3) is 0.474. The van der Waals surface area contributed by atoms with Gasteiger partial charge in [-0.05, 0) is 37.2 Å². The van der Waals surface area contributed by atoms with Gasteiger partial charge in [-0.2, -0.15) is 0 Å². The largest absolute Gasteiger partial charge is 0.390 e. The molecule has 2 aromatic rings. The van der Waals surface area contributed by atoms with Gasteiger partial charge in [-0.3, -0.25) is 14.9 Å². The molecule has 0 unspecified atom stereocenters. The molecule has 5 heteroatoms. The molecule has 2 aromatic heterocycles. The number of aliphatic hydroxyl groups excluding tert-OH is 1. The van der Waals surface area contributed by atoms with Gasteiger partial charge in [-0.25, -0.2) is 0 Å². The maximum absolute atomic E-state index is 10.6. The average Bonchev–Trinajstić information content (AvgIpc) is 2.61. The van der Waals surface area contributed by atoms with Gasteiger partial charge >= 0.3 is 0 Å². The van der Waals surface area contributed by atoms with Gasteiger partial charge in [-0.15, -0.1) is 0 Å². The third-order valence-corrected chi connectivity index (χ3v) is 4.77. The summed E-state index contributed by atoms with van der Waals surface area (Å²) < 4.78 is 0. The minimum atomic E-state index is -0.316. The summed E-state index contributed by atoms with van der Waals surface area (Å²) in [7, 11) is 2.10. The Morgan fingerprint density at radius 3 is 2.88 bits per heavy atom. The number of likely N-dealkylation sites (N-methyl/N-ethyl adjacent to an activating group) is 1. The number of aromatic nitrogens is 2. The molecule has 1 saturated heterocycles. The fourth-order valence-electron chi connectivity index (χ4n) is 3.40. The minimum Gasteiger partial charge on any atom is -0.390 e. The summed E-state index contributed by atoms with van der Waals surface area (Å²) in [6, 6.07) is 10.3. The predicted octanol–water partition coefficient (Wildman–Crippen LogP) is 1.59. The first-order valence-electron chi connectivity index (χ1n) is 8.62. The van der Waals surface area contributed by atoms with Crippen molar-refractivity contribution >= 4 is 0 Å². The van der Waals surface area contributed by atoms with Crippen LogP contribution in [0.3, 0.4) is 0 Å². The van der Waals surface area contributed by atoms with Crippen molar-refractivity contribution in [3.63, 3.8) is 0 Å². The van der Waals surface area contributed by atoms with Crippen molar-refractivity contribution in [2.24, 2.45) is 0 Å². The SMILES string of the molecule is CN(CCc1ccccn1)[C@@H]1CCN(Cc2cccnc2)C[C@H]1O. The van der Waals surface area contributed by atoms with Gasteiger partial charge in [0.25, 0.3) is 0 Å². The molecule has 5 nitrogen and oxygen atoms in total. The van der Waals surface area contributed by atoms with Gasteiger partial charge in [0.1, 0.15) is 0 Å². The van der Waals surface area contributed by atoms with Crippen molar-refractivity contribution < 1.29 is 5.11 Å². The van der Waals surface area contributed by atoms with E-state index < -0.39 is 0 Å². The Morgan fingerprint density at radius 1 is 1.25 bits per heavy atom. The minimum absolute atomic E-state index is 0.221. The lowest BCUT2D eigenvalue weighted by molar-refractivity contribution is -0.00622. The van der Waals surface area contributed by atoms with Crippen molar-refractivity contribution in [3.05, 3.63) is 60.2 Å². The molecule has 1 fully saturated rings. The van der Waals surface area contributed by atoms with Crippen LogP contribution in [-0.2, 0) is 13.0 Å². The second kappa shape index (κ2) is 8.33. The first kappa shape index (κ1) is 17.0. The van der Waals surface area contributed by atoms with Gasteiger partial charge in [0.2, 0.25) is 0 Å². The topological polar surface area (TPSA) is 52.5 Å². The highest BCUT2D eigenvalue weighted by atomic mass is 16.3. The van der Waals surface area contributed by atoms with Crippen LogP contribution in [0, 0.1) is 0 Å². The molecule has 0 aliphatic carbocycles. The Balaban J connectivity index is 1.48. The number of likely N-dealkylation sites (tertiary alicyclic amines) is 1. The molecule has 24 heavy (non-hydrogen) atoms. The molecule has 0 saturated carbocycles. The number of β-amino-alcohol motifs (C(OH)–C–C–N with tert-alkyl or cyclic N) is 1. The molecule has 0 radical (unpaired) electrons. The number of rotatable bonds is 6. The van der Waals surface area contributed by atoms with E-state index >= 15 is 0 Å². The van der Waals surface area contributed by atoms with Crippen LogP contribution in [0.25, 0.3) is 0 Å². The van der Waals surface area contributed by atoms with Crippen LogP contribution in [0.15, 0.2) is 48.9 Å². The Hall–Kier alpha value is -1.82. The summed E-state index contributed by atoms with van der Waals surface area (Å²) in [5, 5.41) is 10.6. The first-order valence-corrected chi connectivity index (χ1v) is 8.62. The van der Waals surface area contributed by atoms with Crippen LogP contribution in [0.2, 0.25) is 0 Å². The number of nitrogens with zero attached hydrogens (tertiary/aromatic N) is 4. The molecular formula is C19H26N4O. The molecule has 1 aliphatic heterocycles. The third-order valence-electron chi connectivity index (χ3n) is 4.77. The standard InChI is InChI=1S/C19H26N4O/c1-22(11-7-17-6-2-3-10-21-17)18-8-12-23(15-19(18)24)14-16-5-4-9-20-13-16/h2-6,9-10,13,18-19,24H,7-8,11-12,14-15H2,1H3/t18-,19-/m1/s1. The lowest BCUT2D eigenvalue weighted by Gasteiger charge is -2.40. The van der Waals surface area contributed by atoms with Crippen LogP contribution in [0.5, 0.6) is 0 Å². The van der Waals surface area contributed by atoms with E-state index in [1.807, 2.05) is 30.6 Å². The average molecular weight is 326 g/mol. The molecule has 1 N–H and O–H groups in total. The smallest absolute Gasteiger partial charge is 0.0822 e. The second-order valence-electron chi connectivity index (χ2n) is 6.57. The molecule has 3 rings (SSSR count). The summed E-state index contributed by atoms with van der Waals surface area (Å²) in [5.41, 5.74) is 2.31. The van der Waals surface area contributed by atoms with Crippen molar-refractivity contribution in [1.82, 2.24) is 19.8 Å². The highest BCUT2D eigenvalue weighted by Crippen LogP contribution is 2.18. The molecule has 0 aromatic carbocycles. The summed E-state index contributed by atoms with van der Waals surface area (Å²) >= 11 is 0. The maximum Gasteiger partial charge on any atom is 0.0822 e. The molecule has 0 amide bonds. The number of hydrogen-bond acceptors (Lipinski definition) is 5. The predicted molar refractivity (Wildman–Crippen MR) is 94.5 cm³/mol. The highest BCUT2D eigenvalue weighted by Gasteiger charge is 2.30. The van der Waals surface area contributed by atoms with Crippen molar-refractivity contribution in [1.29, 1.82) is 0 Å². The fourth-order valence-corrected chi connectivity index (χ4v) is 3.40. The van der Waals surface area contributed by atoms with E-state index in [0.717, 1.165) is 38.2 Å². The van der Waals surface area contributed by atoms with Gasteiger partial charge in [0.15, 0.2) is 0 Å². The van der Waals surface area contributed by atoms with Crippen LogP contribution in [0.4, 0.5) is 0 Å². The van der Waals surface area contributed by atoms with Crippen LogP contribution in [-0.4, -0.2) is 63.7 Å². The monoisotopic (exact) mass is 326 g/mol. The molecule has 0 spiro atoms. The van der Waals surface area contributed by atoms with E-state index in [2.05, 4.69) is 38.9 Å². The lowest BCUT2D eigenvalue weighted by Crippen LogP contribution is -2.53. The zero-order valence-electron chi connectivity index (χ0n) is 14.3. The Kier molecular flexibility index (Phi) is 5.91. The first-order chi connectivity index (χ1) is 11.7. The Bertz CT molecular complexity index is 607. The van der Waals surface area contributed by atoms with E-state index in [-0.39, 0.29) is 12.1 Å². The molecule has 2 atom stereocenters. The van der Waals surface area contributed by atoms with Gasteiger partial charge in [-0.1, -0.05) is 12.1 Å². The quantitative estimate of drug-likeness (QED) is 0.874.